The molecule has 0 saturated carbocycles. The molecule has 1 N–H and O–H groups in total. The van der Waals surface area contributed by atoms with Gasteiger partial charge in [-0.15, -0.1) is 11.6 Å². The van der Waals surface area contributed by atoms with E-state index >= 15 is 0 Å². The molecule has 1 aromatic heterocycles. The monoisotopic (exact) mass is 276 g/mol. The molecule has 19 heavy (non-hydrogen) atoms. The van der Waals surface area contributed by atoms with Gasteiger partial charge in [0.1, 0.15) is 12.2 Å². The van der Waals surface area contributed by atoms with Crippen LogP contribution >= 0.6 is 11.6 Å². The fraction of sp³-hybridized carbons (Fsp3) is 0.429. The van der Waals surface area contributed by atoms with Gasteiger partial charge in [0.05, 0.1) is 11.9 Å². The second kappa shape index (κ2) is 5.31. The Bertz CT molecular complexity index is 566. The predicted octanol–water partition coefficient (Wildman–Crippen LogP) is 2.29. The predicted molar refractivity (Wildman–Crippen MR) is 75.1 cm³/mol. The number of hydrogen-bond donors (Lipinski definition) is 1. The number of aryl methyl sites for hydroxylation is 1. The molecule has 1 heterocycles. The maximum Gasteiger partial charge on any atom is 0.140 e. The van der Waals surface area contributed by atoms with Gasteiger partial charge in [0.15, 0.2) is 0 Å². The van der Waals surface area contributed by atoms with Gasteiger partial charge in [-0.3, -0.25) is 0 Å². The fourth-order valence-corrected chi connectivity index (χ4v) is 3.07. The summed E-state index contributed by atoms with van der Waals surface area (Å²) in [7, 11) is 0. The van der Waals surface area contributed by atoms with Crippen molar-refractivity contribution in [3.05, 3.63) is 47.5 Å². The third kappa shape index (κ3) is 2.38. The minimum atomic E-state index is 0.107. The van der Waals surface area contributed by atoms with E-state index in [1.165, 1.54) is 11.1 Å². The van der Waals surface area contributed by atoms with E-state index in [1.807, 2.05) is 4.68 Å². The number of nitrogens with one attached hydrogen (secondary N) is 1. The van der Waals surface area contributed by atoms with Crippen LogP contribution in [0, 0.1) is 0 Å². The van der Waals surface area contributed by atoms with E-state index in [-0.39, 0.29) is 11.4 Å². The van der Waals surface area contributed by atoms with E-state index in [0.29, 0.717) is 6.54 Å². The van der Waals surface area contributed by atoms with Gasteiger partial charge in [-0.1, -0.05) is 24.3 Å². The maximum absolute atomic E-state index is 6.45. The van der Waals surface area contributed by atoms with Gasteiger partial charge in [-0.05, 0) is 24.5 Å². The lowest BCUT2D eigenvalue weighted by molar-refractivity contribution is 0.500. The van der Waals surface area contributed by atoms with E-state index in [1.54, 1.807) is 6.33 Å². The smallest absolute Gasteiger partial charge is 0.140 e. The molecule has 4 nitrogen and oxygen atoms in total. The van der Waals surface area contributed by atoms with Crippen LogP contribution in [0.15, 0.2) is 30.6 Å². The van der Waals surface area contributed by atoms with Crippen LogP contribution in [-0.4, -0.2) is 20.1 Å². The van der Waals surface area contributed by atoms with Crippen molar-refractivity contribution >= 4 is 11.6 Å². The lowest BCUT2D eigenvalue weighted by Crippen LogP contribution is -2.27. The Morgan fingerprint density at radius 2 is 2.26 bits per heavy atom. The first-order valence-corrected chi connectivity index (χ1v) is 7.05. The van der Waals surface area contributed by atoms with Crippen molar-refractivity contribution in [3.8, 4) is 0 Å². The normalized spacial score (nSPS) is 21.6. The number of nitrogens with zero attached hydrogens (tertiary/aromatic N) is 3. The van der Waals surface area contributed by atoms with Gasteiger partial charge in [-0.2, -0.15) is 5.10 Å². The molecular weight excluding hydrogens is 260 g/mol. The topological polar surface area (TPSA) is 42.7 Å². The number of fused-ring (bicyclic) bond motifs is 1. The van der Waals surface area contributed by atoms with Gasteiger partial charge in [0.2, 0.25) is 0 Å². The molecule has 2 atom stereocenters. The summed E-state index contributed by atoms with van der Waals surface area (Å²) < 4.78 is 1.90. The molecule has 0 aliphatic heterocycles. The summed E-state index contributed by atoms with van der Waals surface area (Å²) >= 11 is 6.45. The standard InChI is InChI=1S/C14H17ClN4/c1-2-19-13(17-9-18-19)8-16-14-11-6-4-3-5-10(11)7-12(14)15/h3-6,9,12,14,16H,2,7-8H2,1H3. The Morgan fingerprint density at radius 1 is 1.42 bits per heavy atom. The lowest BCUT2D eigenvalue weighted by atomic mass is 10.1. The van der Waals surface area contributed by atoms with Crippen molar-refractivity contribution in [2.45, 2.75) is 37.9 Å². The van der Waals surface area contributed by atoms with Gasteiger partial charge in [0, 0.05) is 12.6 Å². The third-order valence-corrected chi connectivity index (χ3v) is 4.05. The van der Waals surface area contributed by atoms with Gasteiger partial charge in [-0.25, -0.2) is 9.67 Å². The highest BCUT2D eigenvalue weighted by molar-refractivity contribution is 6.21. The first-order chi connectivity index (χ1) is 9.29. The highest BCUT2D eigenvalue weighted by Crippen LogP contribution is 2.34. The molecular formula is C14H17ClN4. The summed E-state index contributed by atoms with van der Waals surface area (Å²) in [6.07, 6.45) is 2.52. The maximum atomic E-state index is 6.45. The van der Waals surface area contributed by atoms with Crippen LogP contribution in [0.5, 0.6) is 0 Å². The highest BCUT2D eigenvalue weighted by Gasteiger charge is 2.30. The minimum Gasteiger partial charge on any atom is -0.302 e. The molecule has 100 valence electrons. The van der Waals surface area contributed by atoms with Crippen molar-refractivity contribution in [1.82, 2.24) is 20.1 Å². The molecule has 3 rings (SSSR count). The molecule has 0 spiro atoms. The minimum absolute atomic E-state index is 0.107. The summed E-state index contributed by atoms with van der Waals surface area (Å²) in [6.45, 7) is 3.59. The Labute approximate surface area is 117 Å². The number of benzene rings is 1. The molecule has 5 heteroatoms. The highest BCUT2D eigenvalue weighted by atomic mass is 35.5. The zero-order valence-electron chi connectivity index (χ0n) is 10.9. The van der Waals surface area contributed by atoms with Crippen molar-refractivity contribution in [2.75, 3.05) is 0 Å². The summed E-state index contributed by atoms with van der Waals surface area (Å²) in [6, 6.07) is 8.64. The number of aromatic nitrogens is 3. The first kappa shape index (κ1) is 12.6. The third-order valence-electron chi connectivity index (χ3n) is 3.64. The van der Waals surface area contributed by atoms with E-state index in [4.69, 9.17) is 11.6 Å². The molecule has 0 radical (unpaired) electrons. The summed E-state index contributed by atoms with van der Waals surface area (Å²) in [4.78, 5) is 4.28. The molecule has 0 bridgehead atoms. The van der Waals surface area contributed by atoms with Gasteiger partial charge in [0.25, 0.3) is 0 Å². The van der Waals surface area contributed by atoms with Gasteiger partial charge < -0.3 is 5.32 Å². The Morgan fingerprint density at radius 3 is 3.11 bits per heavy atom. The Hall–Kier alpha value is -1.39. The zero-order chi connectivity index (χ0) is 13.2. The van der Waals surface area contributed by atoms with Crippen molar-refractivity contribution in [3.63, 3.8) is 0 Å². The molecule has 2 aromatic rings. The van der Waals surface area contributed by atoms with Crippen LogP contribution in [0.3, 0.4) is 0 Å². The summed E-state index contributed by atoms with van der Waals surface area (Å²) in [5.74, 6) is 0.954. The number of hydrogen-bond acceptors (Lipinski definition) is 3. The van der Waals surface area contributed by atoms with Crippen LogP contribution in [-0.2, 0) is 19.5 Å². The average molecular weight is 277 g/mol. The number of alkyl halides is 1. The fourth-order valence-electron chi connectivity index (χ4n) is 2.67. The van der Waals surface area contributed by atoms with E-state index < -0.39 is 0 Å². The molecule has 1 aliphatic carbocycles. The van der Waals surface area contributed by atoms with Gasteiger partial charge >= 0.3 is 0 Å². The SMILES string of the molecule is CCn1ncnc1CNC1c2ccccc2CC1Cl. The van der Waals surface area contributed by atoms with Crippen LogP contribution < -0.4 is 5.32 Å². The van der Waals surface area contributed by atoms with Crippen LogP contribution in [0.2, 0.25) is 0 Å². The van der Waals surface area contributed by atoms with Crippen LogP contribution in [0.4, 0.5) is 0 Å². The molecule has 2 unspecified atom stereocenters. The first-order valence-electron chi connectivity index (χ1n) is 6.61. The summed E-state index contributed by atoms with van der Waals surface area (Å²) in [5, 5.41) is 7.79. The molecule has 0 amide bonds. The molecule has 0 saturated heterocycles. The Kier molecular flexibility index (Phi) is 3.53. The quantitative estimate of drug-likeness (QED) is 0.872. The van der Waals surface area contributed by atoms with Crippen molar-refractivity contribution in [1.29, 1.82) is 0 Å². The lowest BCUT2D eigenvalue weighted by Gasteiger charge is -2.17. The van der Waals surface area contributed by atoms with Crippen LogP contribution in [0.1, 0.15) is 29.9 Å². The average Bonchev–Trinajstić information content (AvgIpc) is 2.99. The number of halogens is 1. The van der Waals surface area contributed by atoms with Crippen LogP contribution in [0.25, 0.3) is 0 Å². The molecule has 1 aliphatic rings. The zero-order valence-corrected chi connectivity index (χ0v) is 11.6. The Balaban J connectivity index is 1.74. The van der Waals surface area contributed by atoms with E-state index in [2.05, 4.69) is 46.6 Å². The largest absolute Gasteiger partial charge is 0.302 e. The summed E-state index contributed by atoms with van der Waals surface area (Å²) in [5.41, 5.74) is 2.65. The van der Waals surface area contributed by atoms with Crippen molar-refractivity contribution < 1.29 is 0 Å². The molecule has 1 aromatic carbocycles. The van der Waals surface area contributed by atoms with E-state index in [9.17, 15) is 0 Å². The second-order valence-corrected chi connectivity index (χ2v) is 5.33. The molecule has 0 fully saturated rings. The van der Waals surface area contributed by atoms with E-state index in [0.717, 1.165) is 18.8 Å². The van der Waals surface area contributed by atoms with Crippen molar-refractivity contribution in [2.24, 2.45) is 0 Å². The second-order valence-electron chi connectivity index (χ2n) is 4.77. The number of rotatable bonds is 4.